The molecule has 1 saturated heterocycles. The Kier molecular flexibility index (Phi) is 5.72. The van der Waals surface area contributed by atoms with Crippen LogP contribution >= 0.6 is 0 Å². The van der Waals surface area contributed by atoms with Crippen LogP contribution in [-0.4, -0.2) is 58.4 Å². The maximum Gasteiger partial charge on any atom is 0.173 e. The quantitative estimate of drug-likeness (QED) is 0.648. The Morgan fingerprint density at radius 3 is 2.17 bits per heavy atom. The van der Waals surface area contributed by atoms with E-state index in [2.05, 4.69) is 88.6 Å². The summed E-state index contributed by atoms with van der Waals surface area (Å²) in [6.07, 6.45) is 0. The van der Waals surface area contributed by atoms with Gasteiger partial charge in [0, 0.05) is 31.9 Å². The first-order valence-corrected chi connectivity index (χ1v) is 10.4. The Balaban J connectivity index is 1.64. The molecule has 4 rings (SSSR count). The zero-order valence-corrected chi connectivity index (χ0v) is 18.2. The van der Waals surface area contributed by atoms with Crippen molar-refractivity contribution in [3.8, 4) is 5.75 Å². The van der Waals surface area contributed by atoms with Gasteiger partial charge in [-0.25, -0.2) is 4.68 Å². The summed E-state index contributed by atoms with van der Waals surface area (Å²) in [6.45, 7) is 10.2. The molecular formula is C23H30N6O. The first-order chi connectivity index (χ1) is 14.5. The number of ether oxygens (including phenoxy) is 1. The number of nitrogens with zero attached hydrogens (tertiary/aromatic N) is 6. The van der Waals surface area contributed by atoms with Gasteiger partial charge in [-0.1, -0.05) is 30.3 Å². The second-order valence-corrected chi connectivity index (χ2v) is 8.65. The van der Waals surface area contributed by atoms with Crippen LogP contribution in [0.15, 0.2) is 54.6 Å². The number of piperazine rings is 1. The molecule has 0 N–H and O–H groups in total. The minimum absolute atomic E-state index is 0.0111. The molecule has 0 amide bonds. The van der Waals surface area contributed by atoms with Crippen molar-refractivity contribution >= 4 is 5.69 Å². The van der Waals surface area contributed by atoms with Gasteiger partial charge in [0.2, 0.25) is 0 Å². The van der Waals surface area contributed by atoms with Crippen molar-refractivity contribution in [2.75, 3.05) is 38.2 Å². The van der Waals surface area contributed by atoms with E-state index < -0.39 is 0 Å². The van der Waals surface area contributed by atoms with E-state index >= 15 is 0 Å². The summed E-state index contributed by atoms with van der Waals surface area (Å²) in [7, 11) is 1.69. The van der Waals surface area contributed by atoms with Crippen LogP contribution in [0.5, 0.6) is 5.75 Å². The van der Waals surface area contributed by atoms with Crippen LogP contribution < -0.4 is 9.64 Å². The van der Waals surface area contributed by atoms with Crippen LogP contribution in [0.4, 0.5) is 5.69 Å². The SMILES string of the molecule is COc1ccc(C(c2nnnn2C(C)(C)C)N2CCN(c3ccccc3)CC2)cc1. The molecule has 0 radical (unpaired) electrons. The van der Waals surface area contributed by atoms with Gasteiger partial charge in [0.15, 0.2) is 5.82 Å². The second kappa shape index (κ2) is 8.44. The van der Waals surface area contributed by atoms with Crippen molar-refractivity contribution in [2.24, 2.45) is 0 Å². The van der Waals surface area contributed by atoms with Gasteiger partial charge in [0.05, 0.1) is 18.7 Å². The summed E-state index contributed by atoms with van der Waals surface area (Å²) in [4.78, 5) is 4.92. The van der Waals surface area contributed by atoms with Gasteiger partial charge in [-0.15, -0.1) is 5.10 Å². The fourth-order valence-electron chi connectivity index (χ4n) is 4.03. The van der Waals surface area contributed by atoms with Gasteiger partial charge in [-0.2, -0.15) is 0 Å². The van der Waals surface area contributed by atoms with E-state index in [0.717, 1.165) is 37.8 Å². The molecule has 2 heterocycles. The van der Waals surface area contributed by atoms with Gasteiger partial charge in [-0.05, 0) is 61.0 Å². The van der Waals surface area contributed by atoms with Crippen LogP contribution in [0.3, 0.4) is 0 Å². The maximum atomic E-state index is 5.36. The minimum atomic E-state index is -0.199. The highest BCUT2D eigenvalue weighted by Crippen LogP contribution is 2.32. The predicted octanol–water partition coefficient (Wildman–Crippen LogP) is 3.35. The van der Waals surface area contributed by atoms with E-state index in [4.69, 9.17) is 4.74 Å². The van der Waals surface area contributed by atoms with Crippen LogP contribution in [0.1, 0.15) is 38.2 Å². The Hall–Kier alpha value is -2.93. The van der Waals surface area contributed by atoms with E-state index in [1.807, 2.05) is 16.8 Å². The van der Waals surface area contributed by atoms with E-state index in [1.165, 1.54) is 11.3 Å². The lowest BCUT2D eigenvalue weighted by Crippen LogP contribution is -2.48. The zero-order chi connectivity index (χ0) is 21.1. The molecule has 2 aromatic carbocycles. The number of aromatic nitrogens is 4. The molecule has 1 aromatic heterocycles. The molecule has 3 aromatic rings. The van der Waals surface area contributed by atoms with Crippen molar-refractivity contribution in [3.63, 3.8) is 0 Å². The average Bonchev–Trinajstić information content (AvgIpc) is 3.26. The molecule has 0 saturated carbocycles. The Morgan fingerprint density at radius 1 is 0.900 bits per heavy atom. The molecule has 0 aliphatic carbocycles. The highest BCUT2D eigenvalue weighted by molar-refractivity contribution is 5.46. The molecule has 0 spiro atoms. The number of hydrogen-bond donors (Lipinski definition) is 0. The van der Waals surface area contributed by atoms with Crippen molar-refractivity contribution < 1.29 is 4.74 Å². The first-order valence-electron chi connectivity index (χ1n) is 10.4. The Morgan fingerprint density at radius 2 is 1.57 bits per heavy atom. The number of para-hydroxylation sites is 1. The summed E-state index contributed by atoms with van der Waals surface area (Å²) >= 11 is 0. The number of anilines is 1. The number of benzene rings is 2. The largest absolute Gasteiger partial charge is 0.497 e. The smallest absolute Gasteiger partial charge is 0.173 e. The lowest BCUT2D eigenvalue weighted by atomic mass is 10.0. The average molecular weight is 407 g/mol. The molecule has 1 unspecified atom stereocenters. The highest BCUT2D eigenvalue weighted by Gasteiger charge is 2.33. The molecule has 0 bridgehead atoms. The van der Waals surface area contributed by atoms with Gasteiger partial charge in [0.25, 0.3) is 0 Å². The molecule has 7 heteroatoms. The van der Waals surface area contributed by atoms with E-state index in [1.54, 1.807) is 7.11 Å². The van der Waals surface area contributed by atoms with Crippen molar-refractivity contribution in [2.45, 2.75) is 32.4 Å². The molecule has 1 fully saturated rings. The summed E-state index contributed by atoms with van der Waals surface area (Å²) < 4.78 is 7.31. The van der Waals surface area contributed by atoms with Crippen LogP contribution in [0, 0.1) is 0 Å². The van der Waals surface area contributed by atoms with Gasteiger partial charge >= 0.3 is 0 Å². The predicted molar refractivity (Wildman–Crippen MR) is 118 cm³/mol. The number of tetrazole rings is 1. The summed E-state index contributed by atoms with van der Waals surface area (Å²) in [5.41, 5.74) is 2.25. The van der Waals surface area contributed by atoms with Crippen molar-refractivity contribution in [1.29, 1.82) is 0 Å². The first kappa shape index (κ1) is 20.3. The van der Waals surface area contributed by atoms with Gasteiger partial charge in [0.1, 0.15) is 5.75 Å². The normalized spacial score (nSPS) is 16.5. The van der Waals surface area contributed by atoms with Gasteiger partial charge in [-0.3, -0.25) is 4.90 Å². The van der Waals surface area contributed by atoms with Crippen molar-refractivity contribution in [3.05, 3.63) is 66.0 Å². The molecular weight excluding hydrogens is 376 g/mol. The molecule has 1 aliphatic rings. The third-order valence-corrected chi connectivity index (χ3v) is 5.61. The van der Waals surface area contributed by atoms with Gasteiger partial charge < -0.3 is 9.64 Å². The van der Waals surface area contributed by atoms with Crippen LogP contribution in [0.25, 0.3) is 0 Å². The van der Waals surface area contributed by atoms with Crippen LogP contribution in [0.2, 0.25) is 0 Å². The summed E-state index contributed by atoms with van der Waals surface area (Å²) in [6, 6.07) is 18.9. The topological polar surface area (TPSA) is 59.3 Å². The minimum Gasteiger partial charge on any atom is -0.497 e. The Bertz CT molecular complexity index is 940. The monoisotopic (exact) mass is 406 g/mol. The maximum absolute atomic E-state index is 5.36. The number of methoxy groups -OCH3 is 1. The highest BCUT2D eigenvalue weighted by atomic mass is 16.5. The van der Waals surface area contributed by atoms with Crippen molar-refractivity contribution in [1.82, 2.24) is 25.1 Å². The summed E-state index contributed by atoms with van der Waals surface area (Å²) in [5, 5.41) is 12.8. The number of rotatable bonds is 5. The molecule has 30 heavy (non-hydrogen) atoms. The third kappa shape index (κ3) is 4.16. The second-order valence-electron chi connectivity index (χ2n) is 8.65. The number of hydrogen-bond acceptors (Lipinski definition) is 6. The molecule has 1 aliphatic heterocycles. The molecule has 1 atom stereocenters. The fraction of sp³-hybridized carbons (Fsp3) is 0.435. The fourth-order valence-corrected chi connectivity index (χ4v) is 4.03. The zero-order valence-electron chi connectivity index (χ0n) is 18.2. The molecule has 7 nitrogen and oxygen atoms in total. The standard InChI is InChI=1S/C23H30N6O/c1-23(2,3)29-22(24-25-26-29)21(18-10-12-20(30-4)13-11-18)28-16-14-27(15-17-28)19-8-6-5-7-9-19/h5-13,21H,14-17H2,1-4H3. The molecule has 158 valence electrons. The van der Waals surface area contributed by atoms with E-state index in [-0.39, 0.29) is 11.6 Å². The Labute approximate surface area is 178 Å². The summed E-state index contributed by atoms with van der Waals surface area (Å²) in [5.74, 6) is 1.72. The lowest BCUT2D eigenvalue weighted by Gasteiger charge is -2.40. The lowest BCUT2D eigenvalue weighted by molar-refractivity contribution is 0.191. The van der Waals surface area contributed by atoms with E-state index in [9.17, 15) is 0 Å². The van der Waals surface area contributed by atoms with Crippen LogP contribution in [-0.2, 0) is 5.54 Å². The third-order valence-electron chi connectivity index (χ3n) is 5.61. The van der Waals surface area contributed by atoms with E-state index in [0.29, 0.717) is 0 Å².